The molecule has 1 aliphatic rings. The molecule has 0 aliphatic heterocycles. The molecule has 2 amide bonds. The SMILES string of the molecule is C[C@H](Cc1cccs1)NC(=O)[C@H]1CCC[C@H]1C(=O)N[C@H](C)Cc1cccs1. The van der Waals surface area contributed by atoms with Gasteiger partial charge in [-0.2, -0.15) is 0 Å². The third-order valence-corrected chi connectivity index (χ3v) is 6.94. The molecule has 4 atom stereocenters. The maximum Gasteiger partial charge on any atom is 0.224 e. The van der Waals surface area contributed by atoms with Crippen molar-refractivity contribution < 1.29 is 9.59 Å². The van der Waals surface area contributed by atoms with E-state index < -0.39 is 0 Å². The Kier molecular flexibility index (Phi) is 7.07. The van der Waals surface area contributed by atoms with E-state index in [2.05, 4.69) is 33.5 Å². The van der Waals surface area contributed by atoms with Crippen LogP contribution in [-0.2, 0) is 22.4 Å². The summed E-state index contributed by atoms with van der Waals surface area (Å²) in [6, 6.07) is 8.41. The van der Waals surface area contributed by atoms with Crippen molar-refractivity contribution in [2.24, 2.45) is 11.8 Å². The molecule has 0 bridgehead atoms. The summed E-state index contributed by atoms with van der Waals surface area (Å²) >= 11 is 3.42. The molecular formula is C21H28N2O2S2. The van der Waals surface area contributed by atoms with Gasteiger partial charge in [0.2, 0.25) is 11.8 Å². The summed E-state index contributed by atoms with van der Waals surface area (Å²) < 4.78 is 0. The predicted molar refractivity (Wildman–Crippen MR) is 112 cm³/mol. The number of carbonyl (C=O) groups is 2. The van der Waals surface area contributed by atoms with Gasteiger partial charge in [-0.05, 0) is 49.6 Å². The molecule has 1 fully saturated rings. The lowest BCUT2D eigenvalue weighted by Crippen LogP contribution is -2.45. The van der Waals surface area contributed by atoms with Gasteiger partial charge in [0.1, 0.15) is 0 Å². The van der Waals surface area contributed by atoms with Gasteiger partial charge in [-0.3, -0.25) is 9.59 Å². The first-order valence-corrected chi connectivity index (χ1v) is 11.4. The molecule has 0 radical (unpaired) electrons. The Hall–Kier alpha value is -1.66. The molecule has 6 heteroatoms. The largest absolute Gasteiger partial charge is 0.353 e. The van der Waals surface area contributed by atoms with Crippen molar-refractivity contribution in [1.29, 1.82) is 0 Å². The number of hydrogen-bond acceptors (Lipinski definition) is 4. The molecule has 0 unspecified atom stereocenters. The highest BCUT2D eigenvalue weighted by Crippen LogP contribution is 2.32. The molecule has 2 aromatic rings. The monoisotopic (exact) mass is 404 g/mol. The fourth-order valence-corrected chi connectivity index (χ4v) is 5.52. The average molecular weight is 405 g/mol. The third kappa shape index (κ3) is 5.66. The summed E-state index contributed by atoms with van der Waals surface area (Å²) in [5.41, 5.74) is 0. The quantitative estimate of drug-likeness (QED) is 0.698. The highest BCUT2D eigenvalue weighted by molar-refractivity contribution is 7.10. The first-order chi connectivity index (χ1) is 13.0. The van der Waals surface area contributed by atoms with Crippen molar-refractivity contribution in [2.45, 2.75) is 58.0 Å². The van der Waals surface area contributed by atoms with E-state index in [1.54, 1.807) is 22.7 Å². The van der Waals surface area contributed by atoms with Gasteiger partial charge >= 0.3 is 0 Å². The smallest absolute Gasteiger partial charge is 0.224 e. The Morgan fingerprint density at radius 1 is 0.926 bits per heavy atom. The van der Waals surface area contributed by atoms with Crippen molar-refractivity contribution >= 4 is 34.5 Å². The number of thiophene rings is 2. The number of amides is 2. The maximum absolute atomic E-state index is 12.8. The normalized spacial score (nSPS) is 21.6. The van der Waals surface area contributed by atoms with Crippen LogP contribution in [0.2, 0.25) is 0 Å². The van der Waals surface area contributed by atoms with E-state index in [0.29, 0.717) is 0 Å². The molecule has 3 rings (SSSR count). The minimum absolute atomic E-state index is 0.0302. The van der Waals surface area contributed by atoms with Crippen LogP contribution >= 0.6 is 22.7 Å². The number of rotatable bonds is 8. The fraction of sp³-hybridized carbons (Fsp3) is 0.524. The van der Waals surface area contributed by atoms with Crippen LogP contribution < -0.4 is 10.6 Å². The molecule has 146 valence electrons. The summed E-state index contributed by atoms with van der Waals surface area (Å²) in [7, 11) is 0. The van der Waals surface area contributed by atoms with Gasteiger partial charge in [-0.25, -0.2) is 0 Å². The molecule has 4 nitrogen and oxygen atoms in total. The molecule has 2 N–H and O–H groups in total. The number of hydrogen-bond donors (Lipinski definition) is 2. The van der Waals surface area contributed by atoms with Crippen molar-refractivity contribution in [2.75, 3.05) is 0 Å². The van der Waals surface area contributed by atoms with Crippen molar-refractivity contribution in [3.8, 4) is 0 Å². The summed E-state index contributed by atoms with van der Waals surface area (Å²) in [6.07, 6.45) is 4.22. The Balaban J connectivity index is 1.50. The Morgan fingerprint density at radius 2 is 1.37 bits per heavy atom. The molecule has 1 saturated carbocycles. The van der Waals surface area contributed by atoms with Gasteiger partial charge in [0.05, 0.1) is 0 Å². The minimum Gasteiger partial charge on any atom is -0.353 e. The van der Waals surface area contributed by atoms with Crippen LogP contribution in [0.1, 0.15) is 42.9 Å². The van der Waals surface area contributed by atoms with E-state index in [9.17, 15) is 9.59 Å². The van der Waals surface area contributed by atoms with Crippen LogP contribution in [0.5, 0.6) is 0 Å². The topological polar surface area (TPSA) is 58.2 Å². The maximum atomic E-state index is 12.8. The van der Waals surface area contributed by atoms with Gasteiger partial charge in [0, 0.05) is 46.5 Å². The van der Waals surface area contributed by atoms with Gasteiger partial charge in [0.15, 0.2) is 0 Å². The zero-order valence-electron chi connectivity index (χ0n) is 15.9. The van der Waals surface area contributed by atoms with Gasteiger partial charge in [-0.1, -0.05) is 18.6 Å². The molecule has 0 aromatic carbocycles. The van der Waals surface area contributed by atoms with E-state index in [1.807, 2.05) is 26.0 Å². The predicted octanol–water partition coefficient (Wildman–Crippen LogP) is 4.02. The second kappa shape index (κ2) is 9.51. The van der Waals surface area contributed by atoms with Crippen molar-refractivity contribution in [3.63, 3.8) is 0 Å². The second-order valence-electron chi connectivity index (χ2n) is 7.53. The van der Waals surface area contributed by atoms with Crippen LogP contribution in [0.3, 0.4) is 0 Å². The number of nitrogens with one attached hydrogen (secondary N) is 2. The minimum atomic E-state index is -0.204. The van der Waals surface area contributed by atoms with Gasteiger partial charge in [-0.15, -0.1) is 22.7 Å². The lowest BCUT2D eigenvalue weighted by molar-refractivity contribution is -0.134. The van der Waals surface area contributed by atoms with Gasteiger partial charge < -0.3 is 10.6 Å². The fourth-order valence-electron chi connectivity index (χ4n) is 3.85. The van der Waals surface area contributed by atoms with E-state index in [1.165, 1.54) is 9.75 Å². The Bertz CT molecular complexity index is 665. The molecular weight excluding hydrogens is 376 g/mol. The lowest BCUT2D eigenvalue weighted by Gasteiger charge is -2.23. The van der Waals surface area contributed by atoms with Crippen LogP contribution in [0, 0.1) is 11.8 Å². The molecule has 2 aromatic heterocycles. The molecule has 27 heavy (non-hydrogen) atoms. The molecule has 0 spiro atoms. The van der Waals surface area contributed by atoms with Crippen molar-refractivity contribution in [1.82, 2.24) is 10.6 Å². The summed E-state index contributed by atoms with van der Waals surface area (Å²) in [5.74, 6) is -0.348. The summed E-state index contributed by atoms with van der Waals surface area (Å²) in [5, 5.41) is 10.4. The molecule has 2 heterocycles. The van der Waals surface area contributed by atoms with Crippen LogP contribution in [-0.4, -0.2) is 23.9 Å². The first-order valence-electron chi connectivity index (χ1n) is 9.68. The Labute approximate surface area is 169 Å². The summed E-state index contributed by atoms with van der Waals surface area (Å²) in [4.78, 5) is 28.0. The van der Waals surface area contributed by atoms with Crippen molar-refractivity contribution in [3.05, 3.63) is 44.8 Å². The molecule has 0 saturated heterocycles. The van der Waals surface area contributed by atoms with Crippen LogP contribution in [0.4, 0.5) is 0 Å². The molecule has 1 aliphatic carbocycles. The Morgan fingerprint density at radius 3 is 1.74 bits per heavy atom. The first kappa shape index (κ1) is 20.1. The standard InChI is InChI=1S/C21H28N2O2S2/c1-14(12-16-6-4-10-26-16)22-20(24)18-8-3-9-19(18)21(25)23-15(2)13-17-7-5-11-27-17/h4-7,10-11,14-15,18-19H,3,8-9,12-13H2,1-2H3,(H,22,24)(H,23,25)/t14-,15-,18-,19+/m1/s1. The van der Waals surface area contributed by atoms with E-state index >= 15 is 0 Å². The van der Waals surface area contributed by atoms with E-state index in [0.717, 1.165) is 32.1 Å². The lowest BCUT2D eigenvalue weighted by atomic mass is 9.93. The van der Waals surface area contributed by atoms with Crippen LogP contribution in [0.25, 0.3) is 0 Å². The second-order valence-corrected chi connectivity index (χ2v) is 9.59. The third-order valence-electron chi connectivity index (χ3n) is 5.14. The number of carbonyl (C=O) groups excluding carboxylic acids is 2. The van der Waals surface area contributed by atoms with E-state index in [4.69, 9.17) is 0 Å². The highest BCUT2D eigenvalue weighted by Gasteiger charge is 2.38. The summed E-state index contributed by atoms with van der Waals surface area (Å²) in [6.45, 7) is 4.06. The highest BCUT2D eigenvalue weighted by atomic mass is 32.1. The average Bonchev–Trinajstić information content (AvgIpc) is 3.36. The van der Waals surface area contributed by atoms with Gasteiger partial charge in [0.25, 0.3) is 0 Å². The van der Waals surface area contributed by atoms with Crippen LogP contribution in [0.15, 0.2) is 35.0 Å². The zero-order chi connectivity index (χ0) is 19.2. The zero-order valence-corrected chi connectivity index (χ0v) is 17.6. The van der Waals surface area contributed by atoms with E-state index in [-0.39, 0.29) is 35.7 Å².